The summed E-state index contributed by atoms with van der Waals surface area (Å²) >= 11 is 0. The van der Waals surface area contributed by atoms with Crippen molar-refractivity contribution in [1.29, 1.82) is 5.26 Å². The molecule has 0 aliphatic carbocycles. The first-order valence-electron chi connectivity index (χ1n) is 3.90. The third kappa shape index (κ3) is 3.48. The molecule has 0 rings (SSSR count). The Labute approximate surface area is 79.4 Å². The minimum atomic E-state index is 0.510. The molecule has 0 aliphatic heterocycles. The molecule has 0 aromatic rings. The highest BCUT2D eigenvalue weighted by Gasteiger charge is 2.00. The molecule has 0 aromatic carbocycles. The summed E-state index contributed by atoms with van der Waals surface area (Å²) in [7, 11) is 3.75. The fourth-order valence-corrected chi connectivity index (χ4v) is 0.813. The number of allylic oxidation sites excluding steroid dienone is 3. The van der Waals surface area contributed by atoms with Gasteiger partial charge in [0.1, 0.15) is 0 Å². The lowest BCUT2D eigenvalue weighted by Crippen LogP contribution is -2.09. The topological polar surface area (TPSA) is 53.1 Å². The molecular formula is C10H15N3. The van der Waals surface area contributed by atoms with Crippen molar-refractivity contribution in [2.24, 2.45) is 5.73 Å². The van der Waals surface area contributed by atoms with Gasteiger partial charge in [0.05, 0.1) is 17.3 Å². The van der Waals surface area contributed by atoms with E-state index >= 15 is 0 Å². The van der Waals surface area contributed by atoms with Gasteiger partial charge in [0.15, 0.2) is 0 Å². The van der Waals surface area contributed by atoms with Crippen molar-refractivity contribution in [1.82, 2.24) is 4.90 Å². The fourth-order valence-electron chi connectivity index (χ4n) is 0.813. The van der Waals surface area contributed by atoms with Crippen molar-refractivity contribution in [3.05, 3.63) is 35.7 Å². The molecule has 0 heterocycles. The maximum Gasteiger partial charge on any atom is 0.0994 e. The summed E-state index contributed by atoms with van der Waals surface area (Å²) in [5.74, 6) is 0. The van der Waals surface area contributed by atoms with Crippen LogP contribution in [0.1, 0.15) is 6.92 Å². The van der Waals surface area contributed by atoms with Crippen LogP contribution in [0, 0.1) is 11.3 Å². The van der Waals surface area contributed by atoms with Crippen LogP contribution in [-0.2, 0) is 0 Å². The normalized spacial score (nSPS) is 12.9. The average Bonchev–Trinajstić information content (AvgIpc) is 2.05. The number of hydrogen-bond donors (Lipinski definition) is 1. The Morgan fingerprint density at radius 3 is 2.38 bits per heavy atom. The quantitative estimate of drug-likeness (QED) is 0.523. The van der Waals surface area contributed by atoms with E-state index in [2.05, 4.69) is 6.58 Å². The monoisotopic (exact) mass is 177 g/mol. The van der Waals surface area contributed by atoms with E-state index in [0.29, 0.717) is 11.3 Å². The number of rotatable bonds is 3. The van der Waals surface area contributed by atoms with Crippen molar-refractivity contribution in [3.63, 3.8) is 0 Å². The van der Waals surface area contributed by atoms with Crippen molar-refractivity contribution >= 4 is 0 Å². The van der Waals surface area contributed by atoms with Gasteiger partial charge in [-0.25, -0.2) is 0 Å². The summed E-state index contributed by atoms with van der Waals surface area (Å²) in [4.78, 5) is 1.83. The number of nitrogens with zero attached hydrogens (tertiary/aromatic N) is 2. The minimum absolute atomic E-state index is 0.510. The first-order valence-corrected chi connectivity index (χ1v) is 3.90. The first-order chi connectivity index (χ1) is 6.02. The highest BCUT2D eigenvalue weighted by Crippen LogP contribution is 2.10. The molecule has 0 spiro atoms. The molecule has 0 amide bonds. The molecule has 0 fully saturated rings. The molecule has 0 aliphatic rings. The average molecular weight is 177 g/mol. The lowest BCUT2D eigenvalue weighted by molar-refractivity contribution is 0.558. The third-order valence-electron chi connectivity index (χ3n) is 1.56. The van der Waals surface area contributed by atoms with Crippen LogP contribution in [-0.4, -0.2) is 19.0 Å². The van der Waals surface area contributed by atoms with Gasteiger partial charge in [0.2, 0.25) is 0 Å². The first kappa shape index (κ1) is 11.3. The van der Waals surface area contributed by atoms with Gasteiger partial charge in [-0.15, -0.1) is 0 Å². The molecule has 3 heteroatoms. The van der Waals surface area contributed by atoms with Crippen LogP contribution in [0.25, 0.3) is 0 Å². The Morgan fingerprint density at radius 1 is 1.54 bits per heavy atom. The highest BCUT2D eigenvalue weighted by atomic mass is 15.0. The molecule has 3 nitrogen and oxygen atoms in total. The SMILES string of the molecule is C=C/C(C#N)=C(C)\C(N)=C/N(C)C. The summed E-state index contributed by atoms with van der Waals surface area (Å²) in [6, 6.07) is 2.03. The Bertz CT molecular complexity index is 290. The Hall–Kier alpha value is -1.69. The lowest BCUT2D eigenvalue weighted by atomic mass is 10.1. The lowest BCUT2D eigenvalue weighted by Gasteiger charge is -2.08. The molecule has 0 unspecified atom stereocenters. The van der Waals surface area contributed by atoms with E-state index < -0.39 is 0 Å². The van der Waals surface area contributed by atoms with Crippen molar-refractivity contribution in [2.45, 2.75) is 6.92 Å². The molecule has 0 radical (unpaired) electrons. The summed E-state index contributed by atoms with van der Waals surface area (Å²) in [6.45, 7) is 5.34. The number of nitriles is 1. The van der Waals surface area contributed by atoms with Crippen LogP contribution < -0.4 is 5.73 Å². The van der Waals surface area contributed by atoms with Crippen LogP contribution >= 0.6 is 0 Å². The molecule has 2 N–H and O–H groups in total. The predicted octanol–water partition coefficient (Wildman–Crippen LogP) is 1.37. The van der Waals surface area contributed by atoms with Gasteiger partial charge >= 0.3 is 0 Å². The van der Waals surface area contributed by atoms with Crippen molar-refractivity contribution < 1.29 is 0 Å². The van der Waals surface area contributed by atoms with Gasteiger partial charge in [-0.1, -0.05) is 12.7 Å². The third-order valence-corrected chi connectivity index (χ3v) is 1.56. The largest absolute Gasteiger partial charge is 0.397 e. The molecule has 13 heavy (non-hydrogen) atoms. The van der Waals surface area contributed by atoms with E-state index in [1.807, 2.05) is 25.1 Å². The smallest absolute Gasteiger partial charge is 0.0994 e. The zero-order valence-corrected chi connectivity index (χ0v) is 8.33. The highest BCUT2D eigenvalue weighted by molar-refractivity contribution is 5.44. The summed E-state index contributed by atoms with van der Waals surface area (Å²) in [6.07, 6.45) is 3.27. The molecule has 0 aromatic heterocycles. The van der Waals surface area contributed by atoms with Gasteiger partial charge in [0, 0.05) is 20.3 Å². The van der Waals surface area contributed by atoms with E-state index in [1.54, 1.807) is 13.1 Å². The second-order valence-electron chi connectivity index (χ2n) is 2.90. The second-order valence-corrected chi connectivity index (χ2v) is 2.90. The van der Waals surface area contributed by atoms with Crippen LogP contribution in [0.4, 0.5) is 0 Å². The Balaban J connectivity index is 4.99. The van der Waals surface area contributed by atoms with E-state index in [9.17, 15) is 0 Å². The molecule has 70 valence electrons. The predicted molar refractivity (Wildman–Crippen MR) is 54.5 cm³/mol. The van der Waals surface area contributed by atoms with E-state index in [0.717, 1.165) is 5.57 Å². The van der Waals surface area contributed by atoms with Gasteiger partial charge in [-0.05, 0) is 12.5 Å². The van der Waals surface area contributed by atoms with E-state index in [1.165, 1.54) is 6.08 Å². The number of nitrogens with two attached hydrogens (primary N) is 1. The molecular weight excluding hydrogens is 162 g/mol. The molecule has 0 atom stereocenters. The zero-order chi connectivity index (χ0) is 10.4. The van der Waals surface area contributed by atoms with Crippen LogP contribution in [0.3, 0.4) is 0 Å². The van der Waals surface area contributed by atoms with Crippen LogP contribution in [0.15, 0.2) is 35.7 Å². The maximum atomic E-state index is 8.70. The Morgan fingerprint density at radius 2 is 2.08 bits per heavy atom. The van der Waals surface area contributed by atoms with Gasteiger partial charge in [-0.3, -0.25) is 0 Å². The summed E-state index contributed by atoms with van der Waals surface area (Å²) < 4.78 is 0. The van der Waals surface area contributed by atoms with Crippen LogP contribution in [0.5, 0.6) is 0 Å². The molecule has 0 saturated heterocycles. The van der Waals surface area contributed by atoms with Gasteiger partial charge in [-0.2, -0.15) is 5.26 Å². The van der Waals surface area contributed by atoms with Gasteiger partial charge in [0.25, 0.3) is 0 Å². The van der Waals surface area contributed by atoms with E-state index in [4.69, 9.17) is 11.0 Å². The molecule has 0 saturated carbocycles. The van der Waals surface area contributed by atoms with Crippen molar-refractivity contribution in [2.75, 3.05) is 14.1 Å². The van der Waals surface area contributed by atoms with Gasteiger partial charge < -0.3 is 10.6 Å². The Kier molecular flexibility index (Phi) is 4.39. The standard InChI is InChI=1S/C10H15N3/c1-5-9(6-11)8(2)10(12)7-13(3)4/h5,7H,1,12H2,2-4H3/b9-8+,10-7+. The maximum absolute atomic E-state index is 8.70. The second kappa shape index (κ2) is 5.04. The molecule has 0 bridgehead atoms. The fraction of sp³-hybridized carbons (Fsp3) is 0.300. The van der Waals surface area contributed by atoms with E-state index in [-0.39, 0.29) is 0 Å². The summed E-state index contributed by atoms with van der Waals surface area (Å²) in [5.41, 5.74) is 7.58. The summed E-state index contributed by atoms with van der Waals surface area (Å²) in [5, 5.41) is 8.70. The van der Waals surface area contributed by atoms with Crippen molar-refractivity contribution in [3.8, 4) is 6.07 Å². The van der Waals surface area contributed by atoms with Crippen LogP contribution in [0.2, 0.25) is 0 Å². The minimum Gasteiger partial charge on any atom is -0.397 e. The number of hydrogen-bond acceptors (Lipinski definition) is 3. The zero-order valence-electron chi connectivity index (χ0n) is 8.33.